The Labute approximate surface area is 136 Å². The van der Waals surface area contributed by atoms with Gasteiger partial charge in [0, 0.05) is 6.61 Å². The van der Waals surface area contributed by atoms with E-state index in [9.17, 15) is 0 Å². The molecule has 5 nitrogen and oxygen atoms in total. The smallest absolute Gasteiger partial charge is 1.00 e. The van der Waals surface area contributed by atoms with Crippen LogP contribution in [0.15, 0.2) is 0 Å². The summed E-state index contributed by atoms with van der Waals surface area (Å²) in [5.41, 5.74) is 0. The molecule has 0 aliphatic heterocycles. The Bertz CT molecular complexity index is 185. The molecule has 15 heavy (non-hydrogen) atoms. The fourth-order valence-corrected chi connectivity index (χ4v) is 0.892. The number of aliphatic hydroxyl groups excluding tert-OH is 1. The summed E-state index contributed by atoms with van der Waals surface area (Å²) in [6.07, 6.45) is 7.50. The van der Waals surface area contributed by atoms with Gasteiger partial charge in [0.2, 0.25) is 0 Å². The van der Waals surface area contributed by atoms with E-state index >= 15 is 0 Å². The van der Waals surface area contributed by atoms with Gasteiger partial charge in [0.15, 0.2) is 0 Å². The Balaban J connectivity index is -0.0000000904. The molecule has 90 valence electrons. The molecular weight excluding hydrogens is 247 g/mol. The zero-order valence-corrected chi connectivity index (χ0v) is 13.5. The summed E-state index contributed by atoms with van der Waals surface area (Å²) in [7, 11) is -4.67. The monoisotopic (exact) mass is 268 g/mol. The molecule has 0 rings (SSSR count). The third kappa shape index (κ3) is 50.3. The summed E-state index contributed by atoms with van der Waals surface area (Å²) in [6.45, 7) is 2.58. The van der Waals surface area contributed by atoms with Crippen molar-refractivity contribution in [1.82, 2.24) is 0 Å². The third-order valence-electron chi connectivity index (χ3n) is 1.51. The van der Waals surface area contributed by atoms with Crippen molar-refractivity contribution in [3.63, 3.8) is 0 Å². The van der Waals surface area contributed by atoms with Crippen molar-refractivity contribution in [2.24, 2.45) is 0 Å². The summed E-state index contributed by atoms with van der Waals surface area (Å²) >= 11 is 0. The summed E-state index contributed by atoms with van der Waals surface area (Å²) in [5, 5.41) is 8.42. The van der Waals surface area contributed by atoms with Crippen molar-refractivity contribution in [2.45, 2.75) is 45.4 Å². The summed E-state index contributed by atoms with van der Waals surface area (Å²) in [6, 6.07) is 0. The maximum atomic E-state index is 8.74. The van der Waals surface area contributed by atoms with Crippen LogP contribution in [-0.2, 0) is 10.4 Å². The molecular formula is C8H21KO5S. The van der Waals surface area contributed by atoms with Crippen LogP contribution in [0.4, 0.5) is 0 Å². The minimum Gasteiger partial charge on any atom is -1.00 e. The first-order chi connectivity index (χ1) is 6.41. The molecule has 0 aliphatic rings. The number of aliphatic hydroxyl groups is 1. The molecule has 0 amide bonds. The second-order valence-electron chi connectivity index (χ2n) is 2.94. The maximum absolute atomic E-state index is 8.74. The summed E-state index contributed by atoms with van der Waals surface area (Å²) < 4.78 is 31.6. The van der Waals surface area contributed by atoms with E-state index in [4.69, 9.17) is 22.6 Å². The zero-order valence-electron chi connectivity index (χ0n) is 10.5. The molecule has 0 unspecified atom stereocenters. The topological polar surface area (TPSA) is 94.8 Å². The zero-order chi connectivity index (χ0) is 11.4. The van der Waals surface area contributed by atoms with E-state index in [1.54, 1.807) is 0 Å². The third-order valence-corrected chi connectivity index (χ3v) is 1.51. The fourth-order valence-electron chi connectivity index (χ4n) is 0.892. The largest absolute Gasteiger partial charge is 1.00 e. The van der Waals surface area contributed by atoms with Crippen LogP contribution < -0.4 is 51.4 Å². The molecule has 3 N–H and O–H groups in total. The van der Waals surface area contributed by atoms with Gasteiger partial charge >= 0.3 is 61.8 Å². The molecule has 0 aromatic rings. The van der Waals surface area contributed by atoms with Crippen molar-refractivity contribution in [1.29, 1.82) is 0 Å². The number of hydrogen-bond acceptors (Lipinski definition) is 3. The first-order valence-corrected chi connectivity index (χ1v) is 6.12. The van der Waals surface area contributed by atoms with Gasteiger partial charge in [-0.15, -0.1) is 0 Å². The van der Waals surface area contributed by atoms with Crippen molar-refractivity contribution in [3.8, 4) is 0 Å². The van der Waals surface area contributed by atoms with Gasteiger partial charge in [0.1, 0.15) is 0 Å². The quantitative estimate of drug-likeness (QED) is 0.320. The van der Waals surface area contributed by atoms with Gasteiger partial charge in [0.25, 0.3) is 0 Å². The summed E-state index contributed by atoms with van der Waals surface area (Å²) in [5.74, 6) is 0. The van der Waals surface area contributed by atoms with Gasteiger partial charge in [0.05, 0.1) is 0 Å². The van der Waals surface area contributed by atoms with Gasteiger partial charge in [-0.1, -0.05) is 39.0 Å². The maximum Gasteiger partial charge on any atom is 1.00 e. The van der Waals surface area contributed by atoms with Gasteiger partial charge < -0.3 is 6.53 Å². The van der Waals surface area contributed by atoms with Crippen LogP contribution in [-0.4, -0.2) is 29.2 Å². The second-order valence-corrected chi connectivity index (χ2v) is 3.83. The molecule has 7 heteroatoms. The molecule has 0 aromatic carbocycles. The van der Waals surface area contributed by atoms with Crippen LogP contribution in [0.1, 0.15) is 46.9 Å². The predicted octanol–water partition coefficient (Wildman–Crippen LogP) is -1.20. The predicted molar refractivity (Wildman–Crippen MR) is 55.8 cm³/mol. The minimum absolute atomic E-state index is 0. The van der Waals surface area contributed by atoms with Crippen LogP contribution in [0.25, 0.3) is 0 Å². The number of hydrogen-bond donors (Lipinski definition) is 3. The number of unbranched alkanes of at least 4 members (excludes halogenated alkanes) is 5. The fraction of sp³-hybridized carbons (Fsp3) is 1.00. The van der Waals surface area contributed by atoms with Crippen molar-refractivity contribution in [3.05, 3.63) is 0 Å². The average Bonchev–Trinajstić information content (AvgIpc) is 2.01. The first-order valence-electron chi connectivity index (χ1n) is 4.72. The molecule has 0 bridgehead atoms. The van der Waals surface area contributed by atoms with Crippen LogP contribution in [0.3, 0.4) is 0 Å². The molecule has 0 aromatic heterocycles. The molecule has 0 saturated heterocycles. The van der Waals surface area contributed by atoms with E-state index < -0.39 is 10.4 Å². The van der Waals surface area contributed by atoms with Crippen LogP contribution in [0.2, 0.25) is 0 Å². The standard InChI is InChI=1S/C8H18O.K.H2O4S.H/c1-2-3-4-5-6-7-8-9;;1-5(2,3)4;/h9H,2-8H2,1H3;;(H2,1,2,3,4);/q;+1;;-1. The Hall–Kier alpha value is 1.47. The van der Waals surface area contributed by atoms with Gasteiger partial charge in [-0.25, -0.2) is 0 Å². The van der Waals surface area contributed by atoms with Gasteiger partial charge in [-0.2, -0.15) is 8.42 Å². The molecule has 0 fully saturated rings. The number of rotatable bonds is 6. The van der Waals surface area contributed by atoms with E-state index in [1.807, 2.05) is 0 Å². The van der Waals surface area contributed by atoms with E-state index in [0.29, 0.717) is 6.61 Å². The Morgan fingerprint density at radius 3 is 1.67 bits per heavy atom. The SMILES string of the molecule is CCCCCCCCO.O=S(=O)(O)O.[H-].[K+]. The van der Waals surface area contributed by atoms with E-state index in [2.05, 4.69) is 6.92 Å². The van der Waals surface area contributed by atoms with Crippen LogP contribution in [0, 0.1) is 0 Å². The Morgan fingerprint density at radius 1 is 1.00 bits per heavy atom. The minimum atomic E-state index is -4.67. The van der Waals surface area contributed by atoms with Crippen LogP contribution in [0.5, 0.6) is 0 Å². The molecule has 0 atom stereocenters. The normalized spacial score (nSPS) is 9.87. The van der Waals surface area contributed by atoms with Gasteiger partial charge in [-0.3, -0.25) is 9.11 Å². The van der Waals surface area contributed by atoms with Crippen molar-refractivity contribution >= 4 is 10.4 Å². The average molecular weight is 268 g/mol. The Morgan fingerprint density at radius 2 is 1.33 bits per heavy atom. The molecule has 0 heterocycles. The van der Waals surface area contributed by atoms with Crippen molar-refractivity contribution < 1.29 is 75.4 Å². The van der Waals surface area contributed by atoms with Crippen molar-refractivity contribution in [2.75, 3.05) is 6.61 Å². The molecule has 0 saturated carbocycles. The molecule has 0 aliphatic carbocycles. The van der Waals surface area contributed by atoms with Crippen LogP contribution >= 0.6 is 0 Å². The first kappa shape index (κ1) is 21.7. The van der Waals surface area contributed by atoms with Gasteiger partial charge in [-0.05, 0) is 6.42 Å². The summed E-state index contributed by atoms with van der Waals surface area (Å²) in [4.78, 5) is 0. The Kier molecular flexibility index (Phi) is 22.4. The second kappa shape index (κ2) is 15.5. The van der Waals surface area contributed by atoms with E-state index in [1.165, 1.54) is 32.1 Å². The molecule has 0 radical (unpaired) electrons. The van der Waals surface area contributed by atoms with E-state index in [0.717, 1.165) is 6.42 Å². The molecule has 0 spiro atoms. The van der Waals surface area contributed by atoms with E-state index in [-0.39, 0.29) is 52.8 Å².